The molecule has 0 spiro atoms. The first-order chi connectivity index (χ1) is 27.7. The third-order valence-electron chi connectivity index (χ3n) is 11.9. The second-order valence-corrected chi connectivity index (χ2v) is 16.7. The maximum Gasteiger partial charge on any atom is 0.245 e. The number of benzene rings is 2. The smallest absolute Gasteiger partial charge is 0.245 e. The van der Waals surface area contributed by atoms with Gasteiger partial charge in [-0.2, -0.15) is 0 Å². The molecule has 324 valence electrons. The Kier molecular flexibility index (Phi) is 20.3. The summed E-state index contributed by atoms with van der Waals surface area (Å²) < 4.78 is 18.2. The SMILES string of the molecule is CCC(C)C(C(CC(=O)N1CCCC1C(OC)C(C)C(=O)NC(COCc1ccccc1)Cc1ccccc1)OC)N(C)C(=O)C(NC(=O)C(NC)C(C)C)C(C)C. The number of carbonyl (C=O) groups excluding carboxylic acids is 4. The highest BCUT2D eigenvalue weighted by atomic mass is 16.5. The van der Waals surface area contributed by atoms with Gasteiger partial charge >= 0.3 is 0 Å². The molecule has 12 heteroatoms. The molecule has 58 heavy (non-hydrogen) atoms. The Labute approximate surface area is 348 Å². The van der Waals surface area contributed by atoms with Crippen molar-refractivity contribution in [3.05, 3.63) is 71.8 Å². The minimum Gasteiger partial charge on any atom is -0.379 e. The highest BCUT2D eigenvalue weighted by molar-refractivity contribution is 5.90. The zero-order chi connectivity index (χ0) is 42.9. The van der Waals surface area contributed by atoms with Crippen LogP contribution in [0.25, 0.3) is 0 Å². The van der Waals surface area contributed by atoms with E-state index in [4.69, 9.17) is 14.2 Å². The van der Waals surface area contributed by atoms with Crippen molar-refractivity contribution in [2.45, 2.75) is 130 Å². The molecule has 9 unspecified atom stereocenters. The minimum atomic E-state index is -0.757. The van der Waals surface area contributed by atoms with Crippen LogP contribution in [0.5, 0.6) is 0 Å². The van der Waals surface area contributed by atoms with Gasteiger partial charge in [0.15, 0.2) is 0 Å². The van der Waals surface area contributed by atoms with E-state index in [0.29, 0.717) is 32.6 Å². The molecule has 2 aromatic rings. The summed E-state index contributed by atoms with van der Waals surface area (Å²) in [6, 6.07) is 17.7. The third-order valence-corrected chi connectivity index (χ3v) is 11.9. The van der Waals surface area contributed by atoms with Gasteiger partial charge in [-0.3, -0.25) is 19.2 Å². The van der Waals surface area contributed by atoms with Crippen molar-refractivity contribution in [2.24, 2.45) is 23.7 Å². The molecule has 1 aliphatic heterocycles. The number of nitrogens with one attached hydrogen (secondary N) is 3. The summed E-state index contributed by atoms with van der Waals surface area (Å²) in [4.78, 5) is 59.3. The number of hydrogen-bond donors (Lipinski definition) is 3. The van der Waals surface area contributed by atoms with Crippen molar-refractivity contribution in [3.8, 4) is 0 Å². The second kappa shape index (κ2) is 24.3. The summed E-state index contributed by atoms with van der Waals surface area (Å²) >= 11 is 0. The van der Waals surface area contributed by atoms with Gasteiger partial charge in [0.2, 0.25) is 23.6 Å². The van der Waals surface area contributed by atoms with E-state index < -0.39 is 36.3 Å². The highest BCUT2D eigenvalue weighted by Gasteiger charge is 2.43. The van der Waals surface area contributed by atoms with Gasteiger partial charge in [0, 0.05) is 27.8 Å². The minimum absolute atomic E-state index is 0.0127. The molecule has 0 radical (unpaired) electrons. The normalized spacial score (nSPS) is 18.5. The molecule has 0 aliphatic carbocycles. The molecule has 1 heterocycles. The second-order valence-electron chi connectivity index (χ2n) is 16.7. The van der Waals surface area contributed by atoms with E-state index in [-0.39, 0.29) is 59.9 Å². The highest BCUT2D eigenvalue weighted by Crippen LogP contribution is 2.30. The topological polar surface area (TPSA) is 139 Å². The van der Waals surface area contributed by atoms with Gasteiger partial charge in [0.25, 0.3) is 0 Å². The van der Waals surface area contributed by atoms with Crippen molar-refractivity contribution in [1.29, 1.82) is 0 Å². The molecule has 3 rings (SSSR count). The third kappa shape index (κ3) is 13.6. The van der Waals surface area contributed by atoms with Crippen LogP contribution >= 0.6 is 0 Å². The fourth-order valence-corrected chi connectivity index (χ4v) is 8.33. The fourth-order valence-electron chi connectivity index (χ4n) is 8.33. The Morgan fingerprint density at radius 3 is 1.97 bits per heavy atom. The number of rotatable bonds is 24. The first-order valence-electron chi connectivity index (χ1n) is 21.2. The van der Waals surface area contributed by atoms with Crippen molar-refractivity contribution >= 4 is 23.6 Å². The standard InChI is InChI=1S/C46H73N5O7/c1-12-32(6)42(50(9)46(55)41(31(4)5)49-45(54)40(47-8)30(2)3)38(56-10)27-39(52)51-25-19-24-37(51)43(57-11)33(7)44(53)48-36(26-34-20-15-13-16-21-34)29-58-28-35-22-17-14-18-23-35/h13-18,20-23,30-33,36-38,40-43,47H,12,19,24-29H2,1-11H3,(H,48,53)(H,49,54). The van der Waals surface area contributed by atoms with Crippen LogP contribution in [0.3, 0.4) is 0 Å². The summed E-state index contributed by atoms with van der Waals surface area (Å²) in [5.74, 6) is -1.44. The van der Waals surface area contributed by atoms with Crippen LogP contribution < -0.4 is 16.0 Å². The van der Waals surface area contributed by atoms with E-state index in [9.17, 15) is 19.2 Å². The van der Waals surface area contributed by atoms with Gasteiger partial charge in [-0.15, -0.1) is 0 Å². The maximum atomic E-state index is 14.3. The van der Waals surface area contributed by atoms with Crippen LogP contribution in [0.4, 0.5) is 0 Å². The lowest BCUT2D eigenvalue weighted by Gasteiger charge is -2.41. The Hall–Kier alpha value is -3.84. The molecular weight excluding hydrogens is 735 g/mol. The average Bonchev–Trinajstić information content (AvgIpc) is 3.70. The summed E-state index contributed by atoms with van der Waals surface area (Å²) in [5.41, 5.74) is 2.15. The van der Waals surface area contributed by atoms with E-state index in [2.05, 4.69) is 29.8 Å². The average molecular weight is 808 g/mol. The van der Waals surface area contributed by atoms with Crippen molar-refractivity contribution in [1.82, 2.24) is 25.8 Å². The summed E-state index contributed by atoms with van der Waals surface area (Å²) in [6.07, 6.45) is 1.70. The fraction of sp³-hybridized carbons (Fsp3) is 0.652. The first-order valence-corrected chi connectivity index (χ1v) is 21.2. The summed E-state index contributed by atoms with van der Waals surface area (Å²) in [5, 5.41) is 9.31. The molecule has 12 nitrogen and oxygen atoms in total. The van der Waals surface area contributed by atoms with E-state index in [1.165, 1.54) is 0 Å². The van der Waals surface area contributed by atoms with Crippen LogP contribution in [-0.4, -0.2) is 117 Å². The van der Waals surface area contributed by atoms with Crippen molar-refractivity contribution in [3.63, 3.8) is 0 Å². The quantitative estimate of drug-likeness (QED) is 0.131. The van der Waals surface area contributed by atoms with Gasteiger partial charge < -0.3 is 40.0 Å². The first kappa shape index (κ1) is 48.5. The van der Waals surface area contributed by atoms with Crippen LogP contribution in [0.15, 0.2) is 60.7 Å². The van der Waals surface area contributed by atoms with Crippen LogP contribution in [0, 0.1) is 23.7 Å². The van der Waals surface area contributed by atoms with Gasteiger partial charge in [0.1, 0.15) is 6.04 Å². The molecule has 9 atom stereocenters. The molecule has 0 aromatic heterocycles. The number of carbonyl (C=O) groups is 4. The Balaban J connectivity index is 1.76. The van der Waals surface area contributed by atoms with E-state index in [1.807, 2.05) is 100 Å². The van der Waals surface area contributed by atoms with Crippen molar-refractivity contribution < 1.29 is 33.4 Å². The molecule has 1 aliphatic rings. The lowest BCUT2D eigenvalue weighted by Crippen LogP contribution is -2.59. The Bertz CT molecular complexity index is 1540. The molecule has 0 bridgehead atoms. The Morgan fingerprint density at radius 2 is 1.43 bits per heavy atom. The zero-order valence-corrected chi connectivity index (χ0v) is 37.0. The summed E-state index contributed by atoms with van der Waals surface area (Å²) in [6.45, 7) is 15.0. The monoisotopic (exact) mass is 808 g/mol. The molecular formula is C46H73N5O7. The zero-order valence-electron chi connectivity index (χ0n) is 37.0. The molecule has 2 aromatic carbocycles. The molecule has 0 saturated carbocycles. The number of methoxy groups -OCH3 is 2. The van der Waals surface area contributed by atoms with Gasteiger partial charge in [0.05, 0.1) is 61.9 Å². The molecule has 3 N–H and O–H groups in total. The van der Waals surface area contributed by atoms with E-state index >= 15 is 0 Å². The number of likely N-dealkylation sites (N-methyl/N-ethyl adjacent to an activating group) is 2. The van der Waals surface area contributed by atoms with Crippen LogP contribution in [-0.2, 0) is 46.4 Å². The lowest BCUT2D eigenvalue weighted by molar-refractivity contribution is -0.148. The van der Waals surface area contributed by atoms with Gasteiger partial charge in [-0.05, 0) is 55.2 Å². The predicted octanol–water partition coefficient (Wildman–Crippen LogP) is 5.24. The number of nitrogens with zero attached hydrogens (tertiary/aromatic N) is 2. The maximum absolute atomic E-state index is 14.3. The number of hydrogen-bond acceptors (Lipinski definition) is 8. The summed E-state index contributed by atoms with van der Waals surface area (Å²) in [7, 11) is 6.66. The number of amides is 4. The number of ether oxygens (including phenoxy) is 3. The predicted molar refractivity (Wildman–Crippen MR) is 229 cm³/mol. The largest absolute Gasteiger partial charge is 0.379 e. The molecule has 1 fully saturated rings. The van der Waals surface area contributed by atoms with E-state index in [0.717, 1.165) is 24.0 Å². The van der Waals surface area contributed by atoms with E-state index in [1.54, 1.807) is 33.2 Å². The number of likely N-dealkylation sites (tertiary alicyclic amines) is 1. The molecule has 4 amide bonds. The van der Waals surface area contributed by atoms with Gasteiger partial charge in [-0.25, -0.2) is 0 Å². The Morgan fingerprint density at radius 1 is 0.828 bits per heavy atom. The molecule has 1 saturated heterocycles. The lowest BCUT2D eigenvalue weighted by atomic mass is 9.89. The van der Waals surface area contributed by atoms with Crippen LogP contribution in [0.1, 0.15) is 85.3 Å². The van der Waals surface area contributed by atoms with Crippen molar-refractivity contribution in [2.75, 3.05) is 41.5 Å². The van der Waals surface area contributed by atoms with Gasteiger partial charge in [-0.1, -0.05) is 116 Å². The van der Waals surface area contributed by atoms with Crippen LogP contribution in [0.2, 0.25) is 0 Å².